The minimum atomic E-state index is -0.151. The predicted molar refractivity (Wildman–Crippen MR) is 105 cm³/mol. The SMILES string of the molecule is CCCOc1ccc(NCC(=O)Nc2ccc(NC(=O)CC)cc2)cc1. The molecule has 0 saturated carbocycles. The molecule has 0 aliphatic heterocycles. The van der Waals surface area contributed by atoms with Crippen LogP contribution in [0, 0.1) is 0 Å². The summed E-state index contributed by atoms with van der Waals surface area (Å²) in [6.45, 7) is 4.70. The number of rotatable bonds is 9. The van der Waals surface area contributed by atoms with Gasteiger partial charge in [0.05, 0.1) is 13.2 Å². The number of ether oxygens (including phenoxy) is 1. The van der Waals surface area contributed by atoms with E-state index in [1.165, 1.54) is 0 Å². The molecule has 138 valence electrons. The molecule has 0 heterocycles. The normalized spacial score (nSPS) is 10.1. The molecule has 0 radical (unpaired) electrons. The van der Waals surface area contributed by atoms with E-state index >= 15 is 0 Å². The van der Waals surface area contributed by atoms with Crippen LogP contribution in [-0.4, -0.2) is 25.0 Å². The first kappa shape index (κ1) is 19.3. The van der Waals surface area contributed by atoms with E-state index in [0.717, 1.165) is 17.9 Å². The second-order valence-corrected chi connectivity index (χ2v) is 5.75. The molecule has 0 bridgehead atoms. The van der Waals surface area contributed by atoms with Gasteiger partial charge in [-0.2, -0.15) is 0 Å². The van der Waals surface area contributed by atoms with Crippen LogP contribution >= 0.6 is 0 Å². The highest BCUT2D eigenvalue weighted by molar-refractivity contribution is 5.94. The molecule has 0 saturated heterocycles. The smallest absolute Gasteiger partial charge is 0.243 e. The van der Waals surface area contributed by atoms with E-state index in [9.17, 15) is 9.59 Å². The van der Waals surface area contributed by atoms with Crippen LogP contribution in [0.2, 0.25) is 0 Å². The molecular formula is C20H25N3O3. The maximum absolute atomic E-state index is 12.0. The fourth-order valence-electron chi connectivity index (χ4n) is 2.16. The molecule has 2 amide bonds. The summed E-state index contributed by atoms with van der Waals surface area (Å²) in [6, 6.07) is 14.5. The van der Waals surface area contributed by atoms with E-state index < -0.39 is 0 Å². The fraction of sp³-hybridized carbons (Fsp3) is 0.300. The maximum Gasteiger partial charge on any atom is 0.243 e. The van der Waals surface area contributed by atoms with Gasteiger partial charge in [0.25, 0.3) is 0 Å². The van der Waals surface area contributed by atoms with E-state index in [2.05, 4.69) is 22.9 Å². The monoisotopic (exact) mass is 355 g/mol. The van der Waals surface area contributed by atoms with Crippen LogP contribution in [0.1, 0.15) is 26.7 Å². The first-order valence-corrected chi connectivity index (χ1v) is 8.77. The Morgan fingerprint density at radius 1 is 0.808 bits per heavy atom. The number of anilines is 3. The Labute approximate surface area is 153 Å². The van der Waals surface area contributed by atoms with Gasteiger partial charge in [-0.25, -0.2) is 0 Å². The Bertz CT molecular complexity index is 712. The topological polar surface area (TPSA) is 79.5 Å². The Hall–Kier alpha value is -3.02. The highest BCUT2D eigenvalue weighted by atomic mass is 16.5. The summed E-state index contributed by atoms with van der Waals surface area (Å²) in [6.07, 6.45) is 1.39. The third-order valence-corrected chi connectivity index (χ3v) is 3.55. The molecular weight excluding hydrogens is 330 g/mol. The standard InChI is InChI=1S/C20H25N3O3/c1-3-13-26-18-11-9-15(10-12-18)21-14-20(25)23-17-7-5-16(6-8-17)22-19(24)4-2/h5-12,21H,3-4,13-14H2,1-2H3,(H,22,24)(H,23,25). The zero-order valence-electron chi connectivity index (χ0n) is 15.2. The van der Waals surface area contributed by atoms with Crippen LogP contribution in [0.3, 0.4) is 0 Å². The van der Waals surface area contributed by atoms with E-state index in [1.54, 1.807) is 31.2 Å². The summed E-state index contributed by atoms with van der Waals surface area (Å²) in [5, 5.41) is 8.64. The zero-order chi connectivity index (χ0) is 18.8. The molecule has 2 aromatic carbocycles. The molecule has 0 fully saturated rings. The van der Waals surface area contributed by atoms with Crippen molar-refractivity contribution in [2.24, 2.45) is 0 Å². The van der Waals surface area contributed by atoms with Crippen molar-refractivity contribution in [1.29, 1.82) is 0 Å². The van der Waals surface area contributed by atoms with Crippen LogP contribution in [0.15, 0.2) is 48.5 Å². The quantitative estimate of drug-likeness (QED) is 0.638. The number of benzene rings is 2. The van der Waals surface area contributed by atoms with Crippen molar-refractivity contribution in [2.45, 2.75) is 26.7 Å². The number of carbonyl (C=O) groups excluding carboxylic acids is 2. The lowest BCUT2D eigenvalue weighted by atomic mass is 10.2. The minimum Gasteiger partial charge on any atom is -0.494 e. The minimum absolute atomic E-state index is 0.0444. The second-order valence-electron chi connectivity index (χ2n) is 5.75. The Morgan fingerprint density at radius 2 is 1.35 bits per heavy atom. The fourth-order valence-corrected chi connectivity index (χ4v) is 2.16. The van der Waals surface area contributed by atoms with Crippen LogP contribution in [0.5, 0.6) is 5.75 Å². The third-order valence-electron chi connectivity index (χ3n) is 3.55. The molecule has 3 N–H and O–H groups in total. The summed E-state index contributed by atoms with van der Waals surface area (Å²) in [7, 11) is 0. The van der Waals surface area contributed by atoms with Gasteiger partial charge in [-0.1, -0.05) is 13.8 Å². The first-order valence-electron chi connectivity index (χ1n) is 8.77. The summed E-state index contributed by atoms with van der Waals surface area (Å²) in [5.41, 5.74) is 2.23. The molecule has 2 aromatic rings. The molecule has 0 atom stereocenters. The Kier molecular flexibility index (Phi) is 7.49. The van der Waals surface area contributed by atoms with Gasteiger partial charge in [0.2, 0.25) is 11.8 Å². The maximum atomic E-state index is 12.0. The predicted octanol–water partition coefficient (Wildman–Crippen LogP) is 3.87. The van der Waals surface area contributed by atoms with Gasteiger partial charge in [-0.15, -0.1) is 0 Å². The van der Waals surface area contributed by atoms with Crippen molar-refractivity contribution in [3.8, 4) is 5.75 Å². The molecule has 0 aliphatic rings. The molecule has 0 unspecified atom stereocenters. The van der Waals surface area contributed by atoms with Gasteiger partial charge in [0.15, 0.2) is 0 Å². The van der Waals surface area contributed by atoms with Crippen LogP contribution in [-0.2, 0) is 9.59 Å². The number of hydrogen-bond acceptors (Lipinski definition) is 4. The van der Waals surface area contributed by atoms with E-state index in [0.29, 0.717) is 24.4 Å². The second kappa shape index (κ2) is 10.1. The van der Waals surface area contributed by atoms with Crippen molar-refractivity contribution in [1.82, 2.24) is 0 Å². The van der Waals surface area contributed by atoms with Crippen LogP contribution < -0.4 is 20.7 Å². The zero-order valence-corrected chi connectivity index (χ0v) is 15.2. The van der Waals surface area contributed by atoms with Crippen LogP contribution in [0.4, 0.5) is 17.1 Å². The van der Waals surface area contributed by atoms with Gasteiger partial charge in [-0.05, 0) is 55.0 Å². The van der Waals surface area contributed by atoms with Crippen molar-refractivity contribution in [3.63, 3.8) is 0 Å². The number of nitrogens with one attached hydrogen (secondary N) is 3. The molecule has 26 heavy (non-hydrogen) atoms. The first-order chi connectivity index (χ1) is 12.6. The van der Waals surface area contributed by atoms with Gasteiger partial charge in [-0.3, -0.25) is 9.59 Å². The van der Waals surface area contributed by atoms with E-state index in [4.69, 9.17) is 4.74 Å². The summed E-state index contributed by atoms with van der Waals surface area (Å²) < 4.78 is 5.52. The lowest BCUT2D eigenvalue weighted by molar-refractivity contribution is -0.116. The van der Waals surface area contributed by atoms with Gasteiger partial charge in [0.1, 0.15) is 5.75 Å². The van der Waals surface area contributed by atoms with Gasteiger partial charge >= 0.3 is 0 Å². The molecule has 0 aromatic heterocycles. The summed E-state index contributed by atoms with van der Waals surface area (Å²) >= 11 is 0. The number of hydrogen-bond donors (Lipinski definition) is 3. The van der Waals surface area contributed by atoms with Crippen molar-refractivity contribution < 1.29 is 14.3 Å². The largest absolute Gasteiger partial charge is 0.494 e. The van der Waals surface area contributed by atoms with Crippen molar-refractivity contribution in [2.75, 3.05) is 29.1 Å². The van der Waals surface area contributed by atoms with E-state index in [1.807, 2.05) is 24.3 Å². The average Bonchev–Trinajstić information content (AvgIpc) is 2.67. The highest BCUT2D eigenvalue weighted by Gasteiger charge is 2.04. The Balaban J connectivity index is 1.78. The number of amides is 2. The lowest BCUT2D eigenvalue weighted by Crippen LogP contribution is -2.21. The highest BCUT2D eigenvalue weighted by Crippen LogP contribution is 2.16. The van der Waals surface area contributed by atoms with Crippen molar-refractivity contribution in [3.05, 3.63) is 48.5 Å². The van der Waals surface area contributed by atoms with Crippen LogP contribution in [0.25, 0.3) is 0 Å². The van der Waals surface area contributed by atoms with Crippen molar-refractivity contribution >= 4 is 28.9 Å². The summed E-state index contributed by atoms with van der Waals surface area (Å²) in [4.78, 5) is 23.4. The Morgan fingerprint density at radius 3 is 1.88 bits per heavy atom. The molecule has 2 rings (SSSR count). The summed E-state index contributed by atoms with van der Waals surface area (Å²) in [5.74, 6) is 0.621. The molecule has 0 spiro atoms. The third kappa shape index (κ3) is 6.47. The lowest BCUT2D eigenvalue weighted by Gasteiger charge is -2.10. The van der Waals surface area contributed by atoms with Gasteiger partial charge in [0, 0.05) is 23.5 Å². The molecule has 6 nitrogen and oxygen atoms in total. The van der Waals surface area contributed by atoms with Gasteiger partial charge < -0.3 is 20.7 Å². The average molecular weight is 355 g/mol. The number of carbonyl (C=O) groups is 2. The van der Waals surface area contributed by atoms with E-state index in [-0.39, 0.29) is 18.4 Å². The molecule has 0 aliphatic carbocycles. The molecule has 6 heteroatoms.